The van der Waals surface area contributed by atoms with Gasteiger partial charge in [-0.05, 0) is 165 Å². The van der Waals surface area contributed by atoms with Crippen LogP contribution in [-0.2, 0) is 31.1 Å². The fourth-order valence-electron chi connectivity index (χ4n) is 10.8. The molecular formula is C66H59BN2. The molecule has 0 amide bonds. The van der Waals surface area contributed by atoms with Gasteiger partial charge in [0.15, 0.2) is 0 Å². The van der Waals surface area contributed by atoms with Gasteiger partial charge in [-0.25, -0.2) is 0 Å². The molecule has 2 nitrogen and oxygen atoms in total. The van der Waals surface area contributed by atoms with E-state index in [1.807, 2.05) is 0 Å². The van der Waals surface area contributed by atoms with Crippen molar-refractivity contribution >= 4 is 68.9 Å². The van der Waals surface area contributed by atoms with E-state index < -0.39 is 0 Å². The first kappa shape index (κ1) is 43.9. The van der Waals surface area contributed by atoms with Gasteiger partial charge in [-0.2, -0.15) is 0 Å². The first-order valence-corrected chi connectivity index (χ1v) is 24.8. The van der Waals surface area contributed by atoms with E-state index in [0.717, 1.165) is 42.7 Å². The number of hydrogen-bond donors (Lipinski definition) is 0. The smallest absolute Gasteiger partial charge is 0.247 e. The minimum Gasteiger partial charge on any atom is -0.312 e. The van der Waals surface area contributed by atoms with Gasteiger partial charge in [-0.1, -0.05) is 196 Å². The van der Waals surface area contributed by atoms with Gasteiger partial charge in [-0.3, -0.25) is 0 Å². The standard InChI is InChI=1S/C66H59BN2/c1-6-47-30-34-57(35-31-47)69-63-38-25-46(2)39-62(63)67-61-37-36-59(68(56-22-14-9-15-23-56)58-24-16-21-52(44-58)51-19-12-8-13-20-51)45-60(61)53(40-49-28-32-55(33-29-49)66(3,4)5)43-54-41-50(42-64(69)65(54)67)27-26-48-17-10-7-11-18-48/h7-25,28-42,44-45H,6,26-27,43H2,1-5H3/b53-40-. The molecule has 0 spiro atoms. The van der Waals surface area contributed by atoms with Gasteiger partial charge in [0.1, 0.15) is 0 Å². The molecule has 69 heavy (non-hydrogen) atoms. The summed E-state index contributed by atoms with van der Waals surface area (Å²) in [6, 6.07) is 79.7. The highest BCUT2D eigenvalue weighted by atomic mass is 15.2. The molecule has 0 aromatic heterocycles. The third-order valence-corrected chi connectivity index (χ3v) is 14.4. The van der Waals surface area contributed by atoms with Crippen LogP contribution < -0.4 is 26.2 Å². The number of fused-ring (bicyclic) bond motifs is 4. The molecule has 11 rings (SSSR count). The minimum atomic E-state index is 0.0176. The highest BCUT2D eigenvalue weighted by Crippen LogP contribution is 2.43. The van der Waals surface area contributed by atoms with E-state index >= 15 is 0 Å². The van der Waals surface area contributed by atoms with Gasteiger partial charge in [0.25, 0.3) is 0 Å². The molecule has 0 atom stereocenters. The van der Waals surface area contributed by atoms with E-state index in [1.54, 1.807) is 0 Å². The molecule has 3 heteroatoms. The van der Waals surface area contributed by atoms with Crippen molar-refractivity contribution in [3.63, 3.8) is 0 Å². The molecule has 0 saturated heterocycles. The lowest BCUT2D eigenvalue weighted by atomic mass is 9.34. The average Bonchev–Trinajstić information content (AvgIpc) is 3.51. The lowest BCUT2D eigenvalue weighted by Crippen LogP contribution is -2.58. The number of allylic oxidation sites excluding steroid dienone is 1. The molecule has 9 aromatic carbocycles. The molecule has 2 aliphatic heterocycles. The second kappa shape index (κ2) is 18.5. The molecule has 0 bridgehead atoms. The van der Waals surface area contributed by atoms with Crippen LogP contribution in [0, 0.1) is 6.92 Å². The second-order valence-corrected chi connectivity index (χ2v) is 20.1. The number of para-hydroxylation sites is 1. The molecular weight excluding hydrogens is 832 g/mol. The Hall–Kier alpha value is -7.62. The van der Waals surface area contributed by atoms with E-state index in [1.165, 1.54) is 94.7 Å². The van der Waals surface area contributed by atoms with Crippen LogP contribution >= 0.6 is 0 Å². The summed E-state index contributed by atoms with van der Waals surface area (Å²) >= 11 is 0. The number of benzene rings is 9. The van der Waals surface area contributed by atoms with Crippen LogP contribution in [0.25, 0.3) is 22.8 Å². The molecule has 336 valence electrons. The van der Waals surface area contributed by atoms with Crippen LogP contribution in [0.1, 0.15) is 72.2 Å². The third kappa shape index (κ3) is 8.75. The molecule has 0 fully saturated rings. The zero-order chi connectivity index (χ0) is 47.1. The highest BCUT2D eigenvalue weighted by Gasteiger charge is 2.41. The van der Waals surface area contributed by atoms with E-state index in [4.69, 9.17) is 0 Å². The number of hydrogen-bond acceptors (Lipinski definition) is 2. The summed E-state index contributed by atoms with van der Waals surface area (Å²) in [5, 5.41) is 0. The van der Waals surface area contributed by atoms with Crippen LogP contribution in [0.3, 0.4) is 0 Å². The van der Waals surface area contributed by atoms with Crippen molar-refractivity contribution in [2.45, 2.75) is 65.7 Å². The normalized spacial score (nSPS) is 13.4. The maximum atomic E-state index is 2.57. The van der Waals surface area contributed by atoms with Crippen LogP contribution in [0.2, 0.25) is 0 Å². The van der Waals surface area contributed by atoms with Gasteiger partial charge in [0, 0.05) is 34.1 Å². The van der Waals surface area contributed by atoms with Gasteiger partial charge in [0.2, 0.25) is 6.71 Å². The Balaban J connectivity index is 1.16. The number of rotatable bonds is 10. The first-order chi connectivity index (χ1) is 33.7. The Morgan fingerprint density at radius 3 is 1.93 bits per heavy atom. The summed E-state index contributed by atoms with van der Waals surface area (Å²) in [7, 11) is 0. The van der Waals surface area contributed by atoms with Crippen molar-refractivity contribution in [1.82, 2.24) is 0 Å². The second-order valence-electron chi connectivity index (χ2n) is 20.1. The minimum absolute atomic E-state index is 0.0176. The van der Waals surface area contributed by atoms with E-state index in [9.17, 15) is 0 Å². The SMILES string of the molecule is CCc1ccc(N2c3ccc(C)cc3B3c4ccc(N(c5ccccc5)c5cccc(-c6ccccc6)c5)cc4/C(=C\c4ccc(C(C)(C)C)cc4)Cc4cc(CCc5ccccc5)cc2c43)cc1. The highest BCUT2D eigenvalue weighted by molar-refractivity contribution is 6.99. The largest absolute Gasteiger partial charge is 0.312 e. The average molecular weight is 891 g/mol. The predicted molar refractivity (Wildman–Crippen MR) is 297 cm³/mol. The maximum absolute atomic E-state index is 2.57. The topological polar surface area (TPSA) is 6.48 Å². The summed E-state index contributed by atoms with van der Waals surface area (Å²) in [5.74, 6) is 0. The van der Waals surface area contributed by atoms with Crippen molar-refractivity contribution in [2.24, 2.45) is 0 Å². The Morgan fingerprint density at radius 1 is 0.536 bits per heavy atom. The van der Waals surface area contributed by atoms with E-state index in [-0.39, 0.29) is 12.1 Å². The van der Waals surface area contributed by atoms with Crippen molar-refractivity contribution in [3.8, 4) is 11.1 Å². The Kier molecular flexibility index (Phi) is 11.8. The quantitative estimate of drug-likeness (QED) is 0.126. The van der Waals surface area contributed by atoms with Crippen molar-refractivity contribution in [1.29, 1.82) is 0 Å². The van der Waals surface area contributed by atoms with Crippen molar-refractivity contribution in [2.75, 3.05) is 9.80 Å². The summed E-state index contributed by atoms with van der Waals surface area (Å²) in [6.07, 6.45) is 6.23. The number of aryl methyl sites for hydroxylation is 4. The number of nitrogens with zero attached hydrogens (tertiary/aromatic N) is 2. The fourth-order valence-corrected chi connectivity index (χ4v) is 10.8. The molecule has 0 unspecified atom stereocenters. The summed E-state index contributed by atoms with van der Waals surface area (Å²) < 4.78 is 0. The van der Waals surface area contributed by atoms with Crippen LogP contribution in [-0.4, -0.2) is 6.71 Å². The summed E-state index contributed by atoms with van der Waals surface area (Å²) in [5.41, 5.74) is 25.6. The van der Waals surface area contributed by atoms with Crippen LogP contribution in [0.5, 0.6) is 0 Å². The van der Waals surface area contributed by atoms with E-state index in [0.29, 0.717) is 0 Å². The molecule has 2 heterocycles. The van der Waals surface area contributed by atoms with Gasteiger partial charge in [-0.15, -0.1) is 0 Å². The van der Waals surface area contributed by atoms with Crippen LogP contribution in [0.4, 0.5) is 34.1 Å². The molecule has 0 aliphatic carbocycles. The van der Waals surface area contributed by atoms with Gasteiger partial charge in [0.05, 0.1) is 0 Å². The Bertz CT molecular complexity index is 3310. The third-order valence-electron chi connectivity index (χ3n) is 14.4. The zero-order valence-electron chi connectivity index (χ0n) is 40.6. The maximum Gasteiger partial charge on any atom is 0.247 e. The molecule has 2 aliphatic rings. The zero-order valence-corrected chi connectivity index (χ0v) is 40.6. The van der Waals surface area contributed by atoms with E-state index in [2.05, 4.69) is 263 Å². The number of anilines is 6. The van der Waals surface area contributed by atoms with Crippen molar-refractivity contribution in [3.05, 3.63) is 257 Å². The van der Waals surface area contributed by atoms with Gasteiger partial charge >= 0.3 is 0 Å². The summed E-state index contributed by atoms with van der Waals surface area (Å²) in [6.45, 7) is 11.4. The molecule has 0 saturated carbocycles. The Morgan fingerprint density at radius 2 is 1.20 bits per heavy atom. The van der Waals surface area contributed by atoms with Crippen molar-refractivity contribution < 1.29 is 0 Å². The lowest BCUT2D eigenvalue weighted by Gasteiger charge is -2.38. The Labute approximate surface area is 410 Å². The first-order valence-electron chi connectivity index (χ1n) is 24.8. The fraction of sp³-hybridized carbons (Fsp3) is 0.152. The lowest BCUT2D eigenvalue weighted by molar-refractivity contribution is 0.590. The molecule has 9 aromatic rings. The summed E-state index contributed by atoms with van der Waals surface area (Å²) in [4.78, 5) is 5.01. The monoisotopic (exact) mass is 890 g/mol. The van der Waals surface area contributed by atoms with Crippen LogP contribution in [0.15, 0.2) is 212 Å². The predicted octanol–water partition coefficient (Wildman–Crippen LogP) is 15.2. The molecule has 0 N–H and O–H groups in total. The van der Waals surface area contributed by atoms with Gasteiger partial charge < -0.3 is 9.80 Å². The molecule has 0 radical (unpaired) electrons.